The SMILES string of the molecule is CC(=O)c1cc([N+](=O)[O-])ccc1SC1CCOC1C. The van der Waals surface area contributed by atoms with Crippen molar-refractivity contribution in [2.75, 3.05) is 6.61 Å². The van der Waals surface area contributed by atoms with E-state index in [0.717, 1.165) is 17.9 Å². The van der Waals surface area contributed by atoms with Crippen LogP contribution in [0.2, 0.25) is 0 Å². The van der Waals surface area contributed by atoms with E-state index in [9.17, 15) is 14.9 Å². The van der Waals surface area contributed by atoms with E-state index >= 15 is 0 Å². The highest BCUT2D eigenvalue weighted by molar-refractivity contribution is 8.00. The average molecular weight is 281 g/mol. The number of hydrogen-bond donors (Lipinski definition) is 0. The highest BCUT2D eigenvalue weighted by Crippen LogP contribution is 2.35. The monoisotopic (exact) mass is 281 g/mol. The molecular weight excluding hydrogens is 266 g/mol. The molecule has 0 aliphatic carbocycles. The van der Waals surface area contributed by atoms with Crippen LogP contribution in [0.25, 0.3) is 0 Å². The number of Topliss-reactive ketones (excluding diaryl/α,β-unsaturated/α-hetero) is 1. The summed E-state index contributed by atoms with van der Waals surface area (Å²) in [7, 11) is 0. The lowest BCUT2D eigenvalue weighted by Gasteiger charge is -2.15. The Morgan fingerprint density at radius 2 is 2.26 bits per heavy atom. The van der Waals surface area contributed by atoms with Gasteiger partial charge in [0, 0.05) is 34.4 Å². The number of carbonyl (C=O) groups is 1. The molecule has 0 bridgehead atoms. The molecule has 1 aliphatic heterocycles. The van der Waals surface area contributed by atoms with E-state index in [-0.39, 0.29) is 17.6 Å². The number of non-ortho nitro benzene ring substituents is 1. The van der Waals surface area contributed by atoms with E-state index in [2.05, 4.69) is 0 Å². The molecule has 0 amide bonds. The Kier molecular flexibility index (Phi) is 4.21. The fourth-order valence-electron chi connectivity index (χ4n) is 2.04. The zero-order valence-electron chi connectivity index (χ0n) is 10.8. The summed E-state index contributed by atoms with van der Waals surface area (Å²) in [5.74, 6) is -0.155. The minimum absolute atomic E-state index is 0.0507. The lowest BCUT2D eigenvalue weighted by molar-refractivity contribution is -0.384. The molecule has 2 unspecified atom stereocenters. The number of nitro benzene ring substituents is 1. The third-order valence-corrected chi connectivity index (χ3v) is 4.67. The van der Waals surface area contributed by atoms with Crippen LogP contribution in [-0.2, 0) is 4.74 Å². The van der Waals surface area contributed by atoms with E-state index in [4.69, 9.17) is 4.74 Å². The van der Waals surface area contributed by atoms with Gasteiger partial charge < -0.3 is 4.74 Å². The molecule has 0 spiro atoms. The Hall–Kier alpha value is -1.40. The summed E-state index contributed by atoms with van der Waals surface area (Å²) in [5.41, 5.74) is 0.364. The number of carbonyl (C=O) groups excluding carboxylic acids is 1. The Morgan fingerprint density at radius 1 is 1.53 bits per heavy atom. The van der Waals surface area contributed by atoms with Gasteiger partial charge in [-0.15, -0.1) is 11.8 Å². The highest BCUT2D eigenvalue weighted by atomic mass is 32.2. The van der Waals surface area contributed by atoms with Crippen molar-refractivity contribution in [1.29, 1.82) is 0 Å². The van der Waals surface area contributed by atoms with Crippen LogP contribution in [0.5, 0.6) is 0 Å². The van der Waals surface area contributed by atoms with Crippen molar-refractivity contribution in [2.45, 2.75) is 36.5 Å². The molecule has 1 saturated heterocycles. The number of ketones is 1. The van der Waals surface area contributed by atoms with Gasteiger partial charge in [0.25, 0.3) is 5.69 Å². The smallest absolute Gasteiger partial charge is 0.270 e. The lowest BCUT2D eigenvalue weighted by atomic mass is 10.1. The van der Waals surface area contributed by atoms with E-state index < -0.39 is 4.92 Å². The third-order valence-electron chi connectivity index (χ3n) is 3.14. The minimum Gasteiger partial charge on any atom is -0.377 e. The van der Waals surface area contributed by atoms with Crippen molar-refractivity contribution < 1.29 is 14.5 Å². The van der Waals surface area contributed by atoms with Crippen molar-refractivity contribution in [1.82, 2.24) is 0 Å². The normalized spacial score (nSPS) is 22.4. The summed E-state index contributed by atoms with van der Waals surface area (Å²) in [6, 6.07) is 4.45. The van der Waals surface area contributed by atoms with Crippen LogP contribution < -0.4 is 0 Å². The molecule has 1 aliphatic rings. The van der Waals surface area contributed by atoms with Crippen molar-refractivity contribution >= 4 is 23.2 Å². The first-order chi connectivity index (χ1) is 8.99. The second-order valence-corrected chi connectivity index (χ2v) is 5.80. The lowest BCUT2D eigenvalue weighted by Crippen LogP contribution is -2.13. The van der Waals surface area contributed by atoms with Gasteiger partial charge in [0.2, 0.25) is 0 Å². The first kappa shape index (κ1) is 14.0. The van der Waals surface area contributed by atoms with Crippen LogP contribution >= 0.6 is 11.8 Å². The van der Waals surface area contributed by atoms with Gasteiger partial charge in [0.1, 0.15) is 0 Å². The molecule has 19 heavy (non-hydrogen) atoms. The number of nitrogens with zero attached hydrogens (tertiary/aromatic N) is 1. The van der Waals surface area contributed by atoms with Crippen LogP contribution in [0.4, 0.5) is 5.69 Å². The van der Waals surface area contributed by atoms with Gasteiger partial charge in [0.15, 0.2) is 5.78 Å². The zero-order chi connectivity index (χ0) is 14.0. The number of nitro groups is 1. The van der Waals surface area contributed by atoms with Gasteiger partial charge in [0.05, 0.1) is 11.0 Å². The summed E-state index contributed by atoms with van der Waals surface area (Å²) in [6.07, 6.45) is 1.07. The fourth-order valence-corrected chi connectivity index (χ4v) is 3.33. The molecule has 1 heterocycles. The molecule has 102 valence electrons. The van der Waals surface area contributed by atoms with Crippen LogP contribution in [-0.4, -0.2) is 28.7 Å². The second-order valence-electron chi connectivity index (χ2n) is 4.51. The van der Waals surface area contributed by atoms with E-state index in [0.29, 0.717) is 10.8 Å². The molecule has 0 saturated carbocycles. The first-order valence-electron chi connectivity index (χ1n) is 6.06. The van der Waals surface area contributed by atoms with Crippen molar-refractivity contribution in [2.24, 2.45) is 0 Å². The second kappa shape index (κ2) is 5.71. The Morgan fingerprint density at radius 3 is 2.79 bits per heavy atom. The highest BCUT2D eigenvalue weighted by Gasteiger charge is 2.27. The Bertz CT molecular complexity index is 517. The molecule has 1 aromatic rings. The average Bonchev–Trinajstić information content (AvgIpc) is 2.75. The number of ether oxygens (including phenoxy) is 1. The predicted octanol–water partition coefficient (Wildman–Crippen LogP) is 3.07. The molecule has 0 radical (unpaired) electrons. The van der Waals surface area contributed by atoms with Crippen molar-refractivity contribution in [3.8, 4) is 0 Å². The van der Waals surface area contributed by atoms with Crippen molar-refractivity contribution in [3.63, 3.8) is 0 Å². The molecule has 2 rings (SSSR count). The summed E-state index contributed by atoms with van der Waals surface area (Å²) in [5, 5.41) is 11.0. The number of thioether (sulfide) groups is 1. The summed E-state index contributed by atoms with van der Waals surface area (Å²) in [4.78, 5) is 22.7. The number of hydrogen-bond acceptors (Lipinski definition) is 5. The van der Waals surface area contributed by atoms with Gasteiger partial charge in [-0.2, -0.15) is 0 Å². The van der Waals surface area contributed by atoms with Crippen LogP contribution in [0.1, 0.15) is 30.6 Å². The summed E-state index contributed by atoms with van der Waals surface area (Å²) < 4.78 is 5.49. The summed E-state index contributed by atoms with van der Waals surface area (Å²) in [6.45, 7) is 4.16. The zero-order valence-corrected chi connectivity index (χ0v) is 11.6. The first-order valence-corrected chi connectivity index (χ1v) is 6.94. The van der Waals surface area contributed by atoms with Gasteiger partial charge in [-0.25, -0.2) is 0 Å². The largest absolute Gasteiger partial charge is 0.377 e. The number of rotatable bonds is 4. The standard InChI is InChI=1S/C13H15NO4S/c1-8(15)11-7-10(14(16)17)3-4-13(11)19-12-5-6-18-9(12)2/h3-4,7,9,12H,5-6H2,1-2H3. The summed E-state index contributed by atoms with van der Waals surface area (Å²) >= 11 is 1.57. The molecule has 1 aromatic carbocycles. The molecule has 5 nitrogen and oxygen atoms in total. The fraction of sp³-hybridized carbons (Fsp3) is 0.462. The van der Waals surface area contributed by atoms with Gasteiger partial charge in [-0.3, -0.25) is 14.9 Å². The molecular formula is C13H15NO4S. The Balaban J connectivity index is 2.29. The Labute approximate surface area is 115 Å². The van der Waals surface area contributed by atoms with Gasteiger partial charge >= 0.3 is 0 Å². The maximum Gasteiger partial charge on any atom is 0.270 e. The van der Waals surface area contributed by atoms with Gasteiger partial charge in [-0.1, -0.05) is 0 Å². The maximum absolute atomic E-state index is 11.6. The van der Waals surface area contributed by atoms with E-state index in [1.807, 2.05) is 6.92 Å². The van der Waals surface area contributed by atoms with Crippen molar-refractivity contribution in [3.05, 3.63) is 33.9 Å². The van der Waals surface area contributed by atoms with E-state index in [1.54, 1.807) is 17.8 Å². The minimum atomic E-state index is -0.484. The van der Waals surface area contributed by atoms with Crippen LogP contribution in [0, 0.1) is 10.1 Å². The topological polar surface area (TPSA) is 69.4 Å². The van der Waals surface area contributed by atoms with Crippen LogP contribution in [0.15, 0.2) is 23.1 Å². The molecule has 1 fully saturated rings. The molecule has 0 N–H and O–H groups in total. The number of benzene rings is 1. The molecule has 0 aromatic heterocycles. The van der Waals surface area contributed by atoms with E-state index in [1.165, 1.54) is 19.1 Å². The van der Waals surface area contributed by atoms with Crippen LogP contribution in [0.3, 0.4) is 0 Å². The maximum atomic E-state index is 11.6. The van der Waals surface area contributed by atoms with Gasteiger partial charge in [-0.05, 0) is 26.3 Å². The quantitative estimate of drug-likeness (QED) is 0.482. The predicted molar refractivity (Wildman–Crippen MR) is 72.8 cm³/mol. The molecule has 2 atom stereocenters. The molecule has 6 heteroatoms. The third kappa shape index (κ3) is 3.13.